The molecule has 0 aliphatic heterocycles. The smallest absolute Gasteiger partial charge is 0.309 e. The summed E-state index contributed by atoms with van der Waals surface area (Å²) in [6.07, 6.45) is 5.77. The van der Waals surface area contributed by atoms with Crippen LogP contribution in [0.4, 0.5) is 0 Å². The van der Waals surface area contributed by atoms with Crippen LogP contribution in [-0.2, 0) is 9.53 Å². The number of esters is 1. The van der Waals surface area contributed by atoms with E-state index in [1.54, 1.807) is 0 Å². The highest BCUT2D eigenvalue weighted by molar-refractivity contribution is 5.73. The summed E-state index contributed by atoms with van der Waals surface area (Å²) in [5.74, 6) is 0.113. The predicted octanol–water partition coefficient (Wildman–Crippen LogP) is 0.701. The fourth-order valence-electron chi connectivity index (χ4n) is 1.57. The van der Waals surface area contributed by atoms with Crippen LogP contribution in [0, 0.1) is 11.8 Å². The first kappa shape index (κ1) is 9.26. The molecule has 0 unspecified atom stereocenters. The molecular formula is C9H15NO2. The highest BCUT2D eigenvalue weighted by atomic mass is 16.5. The number of ether oxygens (including phenoxy) is 1. The quantitative estimate of drug-likeness (QED) is 0.489. The van der Waals surface area contributed by atoms with E-state index in [1.165, 1.54) is 7.11 Å². The summed E-state index contributed by atoms with van der Waals surface area (Å²) >= 11 is 0. The lowest BCUT2D eigenvalue weighted by atomic mass is 9.83. The third kappa shape index (κ3) is 1.85. The van der Waals surface area contributed by atoms with Gasteiger partial charge in [0.25, 0.3) is 0 Å². The Morgan fingerprint density at radius 2 is 2.25 bits per heavy atom. The Bertz CT molecular complexity index is 189. The molecule has 12 heavy (non-hydrogen) atoms. The molecule has 0 fully saturated rings. The summed E-state index contributed by atoms with van der Waals surface area (Å²) in [7, 11) is 1.42. The number of nitrogens with two attached hydrogens (primary N) is 1. The molecule has 1 rings (SSSR count). The van der Waals surface area contributed by atoms with Crippen LogP contribution in [-0.4, -0.2) is 19.6 Å². The number of hydrogen-bond donors (Lipinski definition) is 1. The Morgan fingerprint density at radius 1 is 1.58 bits per heavy atom. The second-order valence-electron chi connectivity index (χ2n) is 3.07. The van der Waals surface area contributed by atoms with Crippen LogP contribution in [0.25, 0.3) is 0 Å². The van der Waals surface area contributed by atoms with Gasteiger partial charge in [0.15, 0.2) is 0 Å². The lowest BCUT2D eigenvalue weighted by Gasteiger charge is -2.24. The van der Waals surface area contributed by atoms with Gasteiger partial charge in [-0.1, -0.05) is 12.2 Å². The SMILES string of the molecule is COC(=O)[C@H]1CC=CC[C@H]1CN. The third-order valence-corrected chi connectivity index (χ3v) is 2.37. The highest BCUT2D eigenvalue weighted by Gasteiger charge is 2.28. The molecular weight excluding hydrogens is 154 g/mol. The van der Waals surface area contributed by atoms with Gasteiger partial charge in [-0.05, 0) is 25.3 Å². The van der Waals surface area contributed by atoms with Gasteiger partial charge in [-0.2, -0.15) is 0 Å². The van der Waals surface area contributed by atoms with Gasteiger partial charge in [-0.3, -0.25) is 4.79 Å². The first-order chi connectivity index (χ1) is 5.79. The molecule has 2 atom stereocenters. The summed E-state index contributed by atoms with van der Waals surface area (Å²) in [5.41, 5.74) is 5.54. The molecule has 1 aliphatic rings. The van der Waals surface area contributed by atoms with E-state index in [0.29, 0.717) is 6.54 Å². The second kappa shape index (κ2) is 4.26. The van der Waals surface area contributed by atoms with E-state index >= 15 is 0 Å². The number of hydrogen-bond acceptors (Lipinski definition) is 3. The molecule has 3 heteroatoms. The van der Waals surface area contributed by atoms with Crippen molar-refractivity contribution < 1.29 is 9.53 Å². The molecule has 2 N–H and O–H groups in total. The number of allylic oxidation sites excluding steroid dienone is 2. The Balaban J connectivity index is 2.60. The average molecular weight is 169 g/mol. The molecule has 1 aliphatic carbocycles. The molecule has 0 radical (unpaired) electrons. The molecule has 0 amide bonds. The van der Waals surface area contributed by atoms with Gasteiger partial charge in [0.1, 0.15) is 0 Å². The van der Waals surface area contributed by atoms with Gasteiger partial charge < -0.3 is 10.5 Å². The molecule has 0 saturated heterocycles. The number of carbonyl (C=O) groups is 1. The standard InChI is InChI=1S/C9H15NO2/c1-12-9(11)8-5-3-2-4-7(8)6-10/h2-3,7-8H,4-6,10H2,1H3/t7-,8-/m0/s1. The monoisotopic (exact) mass is 169 g/mol. The van der Waals surface area contributed by atoms with Crippen LogP contribution in [0.5, 0.6) is 0 Å². The van der Waals surface area contributed by atoms with Crippen LogP contribution in [0.15, 0.2) is 12.2 Å². The van der Waals surface area contributed by atoms with Gasteiger partial charge >= 0.3 is 5.97 Å². The van der Waals surface area contributed by atoms with Gasteiger partial charge in [-0.15, -0.1) is 0 Å². The normalized spacial score (nSPS) is 28.5. The van der Waals surface area contributed by atoms with Crippen molar-refractivity contribution in [3.63, 3.8) is 0 Å². The van der Waals surface area contributed by atoms with E-state index in [9.17, 15) is 4.79 Å². The molecule has 0 bridgehead atoms. The molecule has 0 aromatic heterocycles. The molecule has 0 aromatic carbocycles. The Hall–Kier alpha value is -0.830. The van der Waals surface area contributed by atoms with E-state index in [1.807, 2.05) is 6.08 Å². The summed E-state index contributed by atoms with van der Waals surface area (Å²) in [4.78, 5) is 11.2. The Kier molecular flexibility index (Phi) is 3.29. The largest absolute Gasteiger partial charge is 0.469 e. The minimum atomic E-state index is -0.130. The van der Waals surface area contributed by atoms with Crippen molar-refractivity contribution in [3.05, 3.63) is 12.2 Å². The number of rotatable bonds is 2. The summed E-state index contributed by atoms with van der Waals surface area (Å²) in [6, 6.07) is 0. The lowest BCUT2D eigenvalue weighted by molar-refractivity contribution is -0.147. The average Bonchev–Trinajstić information content (AvgIpc) is 2.16. The van der Waals surface area contributed by atoms with Crippen LogP contribution >= 0.6 is 0 Å². The van der Waals surface area contributed by atoms with Crippen molar-refractivity contribution >= 4 is 5.97 Å². The van der Waals surface area contributed by atoms with Crippen LogP contribution < -0.4 is 5.73 Å². The maximum absolute atomic E-state index is 11.2. The van der Waals surface area contributed by atoms with Crippen molar-refractivity contribution in [1.82, 2.24) is 0 Å². The van der Waals surface area contributed by atoms with Gasteiger partial charge in [0.2, 0.25) is 0 Å². The van der Waals surface area contributed by atoms with Crippen LogP contribution in [0.3, 0.4) is 0 Å². The minimum Gasteiger partial charge on any atom is -0.469 e. The lowest BCUT2D eigenvalue weighted by Crippen LogP contribution is -2.31. The van der Waals surface area contributed by atoms with E-state index < -0.39 is 0 Å². The highest BCUT2D eigenvalue weighted by Crippen LogP contribution is 2.25. The summed E-state index contributed by atoms with van der Waals surface area (Å²) < 4.78 is 4.69. The molecule has 0 aromatic rings. The van der Waals surface area contributed by atoms with Crippen LogP contribution in [0.1, 0.15) is 12.8 Å². The minimum absolute atomic E-state index is 0.0231. The van der Waals surface area contributed by atoms with E-state index in [0.717, 1.165) is 12.8 Å². The fraction of sp³-hybridized carbons (Fsp3) is 0.667. The van der Waals surface area contributed by atoms with E-state index in [4.69, 9.17) is 10.5 Å². The second-order valence-corrected chi connectivity index (χ2v) is 3.07. The molecule has 0 heterocycles. The van der Waals surface area contributed by atoms with Crippen molar-refractivity contribution in [3.8, 4) is 0 Å². The topological polar surface area (TPSA) is 52.3 Å². The number of methoxy groups -OCH3 is 1. The summed E-state index contributed by atoms with van der Waals surface area (Å²) in [5, 5.41) is 0. The van der Waals surface area contributed by atoms with Gasteiger partial charge in [0, 0.05) is 0 Å². The fourth-order valence-corrected chi connectivity index (χ4v) is 1.57. The first-order valence-electron chi connectivity index (χ1n) is 4.22. The molecule has 3 nitrogen and oxygen atoms in total. The molecule has 0 saturated carbocycles. The predicted molar refractivity (Wildman–Crippen MR) is 46.4 cm³/mol. The van der Waals surface area contributed by atoms with Crippen LogP contribution in [0.2, 0.25) is 0 Å². The van der Waals surface area contributed by atoms with Gasteiger partial charge in [-0.25, -0.2) is 0 Å². The maximum Gasteiger partial charge on any atom is 0.309 e. The van der Waals surface area contributed by atoms with Crippen molar-refractivity contribution in [2.75, 3.05) is 13.7 Å². The van der Waals surface area contributed by atoms with Crippen molar-refractivity contribution in [2.45, 2.75) is 12.8 Å². The number of carbonyl (C=O) groups excluding carboxylic acids is 1. The molecule has 0 spiro atoms. The zero-order valence-corrected chi connectivity index (χ0v) is 7.32. The van der Waals surface area contributed by atoms with E-state index in [2.05, 4.69) is 6.08 Å². The summed E-state index contributed by atoms with van der Waals surface area (Å²) in [6.45, 7) is 0.560. The van der Waals surface area contributed by atoms with Gasteiger partial charge in [0.05, 0.1) is 13.0 Å². The van der Waals surface area contributed by atoms with Crippen molar-refractivity contribution in [2.24, 2.45) is 17.6 Å². The maximum atomic E-state index is 11.2. The molecule has 68 valence electrons. The van der Waals surface area contributed by atoms with Crippen molar-refractivity contribution in [1.29, 1.82) is 0 Å². The Labute approximate surface area is 72.6 Å². The zero-order valence-electron chi connectivity index (χ0n) is 7.32. The first-order valence-corrected chi connectivity index (χ1v) is 4.22. The third-order valence-electron chi connectivity index (χ3n) is 2.37. The zero-order chi connectivity index (χ0) is 8.97. The Morgan fingerprint density at radius 3 is 2.83 bits per heavy atom. The van der Waals surface area contributed by atoms with E-state index in [-0.39, 0.29) is 17.8 Å².